The minimum Gasteiger partial charge on any atom is -0.435 e. The minimum atomic E-state index is 0.302. The van der Waals surface area contributed by atoms with E-state index in [2.05, 4.69) is 8.75 Å². The maximum Gasteiger partial charge on any atom is 0.270 e. The average Bonchev–Trinajstić information content (AvgIpc) is 2.65. The molecule has 0 N–H and O–H groups in total. The number of benzene rings is 1. The highest BCUT2D eigenvalue weighted by atomic mass is 35.5. The van der Waals surface area contributed by atoms with E-state index in [1.165, 1.54) is 0 Å². The van der Waals surface area contributed by atoms with Crippen LogP contribution in [0.2, 0.25) is 5.15 Å². The van der Waals surface area contributed by atoms with E-state index in [0.29, 0.717) is 11.0 Å². The van der Waals surface area contributed by atoms with E-state index in [-0.39, 0.29) is 0 Å². The van der Waals surface area contributed by atoms with Gasteiger partial charge in [0, 0.05) is 4.90 Å². The Labute approximate surface area is 101 Å². The highest BCUT2D eigenvalue weighted by Gasteiger charge is 2.09. The molecule has 0 bridgehead atoms. The molecule has 2 rings (SSSR count). The molecule has 0 aliphatic rings. The van der Waals surface area contributed by atoms with Gasteiger partial charge in [-0.15, -0.1) is 16.1 Å². The molecule has 0 spiro atoms. The predicted molar refractivity (Wildman–Crippen MR) is 63.2 cm³/mol. The second-order valence-electron chi connectivity index (χ2n) is 2.61. The molecular weight excluding hydrogens is 252 g/mol. The Morgan fingerprint density at radius 3 is 2.80 bits per heavy atom. The van der Waals surface area contributed by atoms with Crippen LogP contribution in [-0.4, -0.2) is 15.0 Å². The second kappa shape index (κ2) is 4.83. The first-order valence-electron chi connectivity index (χ1n) is 4.10. The molecule has 0 atom stereocenters. The summed E-state index contributed by atoms with van der Waals surface area (Å²) >= 11 is 8.44. The Hall–Kier alpha value is -0.780. The third-order valence-electron chi connectivity index (χ3n) is 1.70. The molecule has 0 saturated heterocycles. The Bertz CT molecular complexity index is 461. The molecule has 0 unspecified atom stereocenters. The van der Waals surface area contributed by atoms with Crippen LogP contribution in [0.4, 0.5) is 0 Å². The van der Waals surface area contributed by atoms with Crippen LogP contribution >= 0.6 is 35.1 Å². The number of hydrogen-bond donors (Lipinski definition) is 0. The van der Waals surface area contributed by atoms with Crippen LogP contribution in [0, 0.1) is 0 Å². The van der Waals surface area contributed by atoms with Crippen molar-refractivity contribution in [3.8, 4) is 11.6 Å². The molecule has 0 saturated carbocycles. The number of para-hydroxylation sites is 1. The SMILES string of the molecule is CSc1ccccc1Oc1nsnc1Cl. The molecule has 1 heterocycles. The first kappa shape index (κ1) is 10.7. The molecule has 0 fully saturated rings. The Morgan fingerprint density at radius 2 is 2.13 bits per heavy atom. The van der Waals surface area contributed by atoms with Crippen molar-refractivity contribution in [1.29, 1.82) is 0 Å². The van der Waals surface area contributed by atoms with Crippen molar-refractivity contribution in [3.05, 3.63) is 29.4 Å². The van der Waals surface area contributed by atoms with Gasteiger partial charge in [-0.05, 0) is 18.4 Å². The van der Waals surface area contributed by atoms with Crippen molar-refractivity contribution in [3.63, 3.8) is 0 Å². The van der Waals surface area contributed by atoms with Crippen molar-refractivity contribution in [1.82, 2.24) is 8.75 Å². The molecule has 0 radical (unpaired) electrons. The maximum atomic E-state index is 5.79. The van der Waals surface area contributed by atoms with Gasteiger partial charge in [0.25, 0.3) is 5.88 Å². The van der Waals surface area contributed by atoms with E-state index in [1.54, 1.807) is 11.8 Å². The molecule has 1 aromatic heterocycles. The van der Waals surface area contributed by atoms with Crippen molar-refractivity contribution < 1.29 is 4.74 Å². The normalized spacial score (nSPS) is 10.3. The van der Waals surface area contributed by atoms with Gasteiger partial charge in [0.05, 0.1) is 11.7 Å². The summed E-state index contributed by atoms with van der Waals surface area (Å²) in [5.41, 5.74) is 0. The van der Waals surface area contributed by atoms with Crippen molar-refractivity contribution >= 4 is 35.1 Å². The van der Waals surface area contributed by atoms with Crippen LogP contribution in [0.1, 0.15) is 0 Å². The lowest BCUT2D eigenvalue weighted by Crippen LogP contribution is -1.86. The van der Waals surface area contributed by atoms with E-state index in [0.717, 1.165) is 22.4 Å². The summed E-state index contributed by atoms with van der Waals surface area (Å²) in [6.45, 7) is 0. The Morgan fingerprint density at radius 1 is 1.33 bits per heavy atom. The van der Waals surface area contributed by atoms with Crippen LogP contribution in [0.5, 0.6) is 11.6 Å². The van der Waals surface area contributed by atoms with E-state index in [1.807, 2.05) is 30.5 Å². The molecular formula is C9H7ClN2OS2. The lowest BCUT2D eigenvalue weighted by Gasteiger charge is -2.06. The minimum absolute atomic E-state index is 0.302. The Balaban J connectivity index is 2.28. The molecule has 6 heteroatoms. The van der Waals surface area contributed by atoms with Gasteiger partial charge in [-0.3, -0.25) is 0 Å². The number of hydrogen-bond acceptors (Lipinski definition) is 5. The molecule has 3 nitrogen and oxygen atoms in total. The van der Waals surface area contributed by atoms with Gasteiger partial charge in [-0.25, -0.2) is 0 Å². The predicted octanol–water partition coefficient (Wildman–Crippen LogP) is 3.71. The van der Waals surface area contributed by atoms with Crippen LogP contribution in [-0.2, 0) is 0 Å². The first-order chi connectivity index (χ1) is 7.31. The van der Waals surface area contributed by atoms with Crippen LogP contribution < -0.4 is 4.74 Å². The van der Waals surface area contributed by atoms with E-state index in [9.17, 15) is 0 Å². The molecule has 0 aliphatic heterocycles. The first-order valence-corrected chi connectivity index (χ1v) is 6.43. The fraction of sp³-hybridized carbons (Fsp3) is 0.111. The second-order valence-corrected chi connectivity index (χ2v) is 4.35. The molecule has 0 amide bonds. The van der Waals surface area contributed by atoms with Gasteiger partial charge in [-0.2, -0.15) is 4.37 Å². The van der Waals surface area contributed by atoms with Crippen LogP contribution in [0.25, 0.3) is 0 Å². The zero-order valence-electron chi connectivity index (χ0n) is 7.81. The topological polar surface area (TPSA) is 35.0 Å². The average molecular weight is 259 g/mol. The van der Waals surface area contributed by atoms with Gasteiger partial charge < -0.3 is 4.74 Å². The number of rotatable bonds is 3. The molecule has 0 aliphatic carbocycles. The molecule has 1 aromatic carbocycles. The number of nitrogens with zero attached hydrogens (tertiary/aromatic N) is 2. The third kappa shape index (κ3) is 2.42. The van der Waals surface area contributed by atoms with Gasteiger partial charge in [0.15, 0.2) is 0 Å². The standard InChI is InChI=1S/C9H7ClN2OS2/c1-14-7-5-3-2-4-6(7)13-9-8(10)11-15-12-9/h2-5H,1H3. The largest absolute Gasteiger partial charge is 0.435 e. The van der Waals surface area contributed by atoms with Crippen LogP contribution in [0.3, 0.4) is 0 Å². The van der Waals surface area contributed by atoms with E-state index < -0.39 is 0 Å². The summed E-state index contributed by atoms with van der Waals surface area (Å²) < 4.78 is 13.3. The zero-order valence-corrected chi connectivity index (χ0v) is 10.2. The van der Waals surface area contributed by atoms with Gasteiger partial charge in [-0.1, -0.05) is 23.7 Å². The third-order valence-corrected chi connectivity index (χ3v) is 3.33. The van der Waals surface area contributed by atoms with Gasteiger partial charge in [0.1, 0.15) is 5.75 Å². The molecule has 15 heavy (non-hydrogen) atoms. The molecule has 2 aromatic rings. The quantitative estimate of drug-likeness (QED) is 0.787. The van der Waals surface area contributed by atoms with E-state index >= 15 is 0 Å². The van der Waals surface area contributed by atoms with Gasteiger partial charge in [0.2, 0.25) is 5.15 Å². The monoisotopic (exact) mass is 258 g/mol. The van der Waals surface area contributed by atoms with Crippen molar-refractivity contribution in [2.75, 3.05) is 6.26 Å². The van der Waals surface area contributed by atoms with Gasteiger partial charge >= 0.3 is 0 Å². The number of ether oxygens (including phenoxy) is 1. The highest BCUT2D eigenvalue weighted by molar-refractivity contribution is 7.98. The summed E-state index contributed by atoms with van der Waals surface area (Å²) in [4.78, 5) is 1.04. The number of aromatic nitrogens is 2. The summed E-state index contributed by atoms with van der Waals surface area (Å²) in [7, 11) is 0. The summed E-state index contributed by atoms with van der Waals surface area (Å²) in [6, 6.07) is 7.72. The smallest absolute Gasteiger partial charge is 0.270 e. The molecule has 78 valence electrons. The fourth-order valence-corrected chi connectivity index (χ4v) is 2.18. The lowest BCUT2D eigenvalue weighted by molar-refractivity contribution is 0.457. The highest BCUT2D eigenvalue weighted by Crippen LogP contribution is 2.33. The van der Waals surface area contributed by atoms with Crippen molar-refractivity contribution in [2.45, 2.75) is 4.90 Å². The number of thioether (sulfide) groups is 1. The Kier molecular flexibility index (Phi) is 3.45. The summed E-state index contributed by atoms with van der Waals surface area (Å²) in [6.07, 6.45) is 1.99. The zero-order chi connectivity index (χ0) is 10.7. The number of halogens is 1. The van der Waals surface area contributed by atoms with E-state index in [4.69, 9.17) is 16.3 Å². The summed E-state index contributed by atoms with van der Waals surface area (Å²) in [5.74, 6) is 1.11. The summed E-state index contributed by atoms with van der Waals surface area (Å²) in [5, 5.41) is 0.302. The van der Waals surface area contributed by atoms with Crippen molar-refractivity contribution in [2.24, 2.45) is 0 Å². The fourth-order valence-electron chi connectivity index (χ4n) is 1.04. The lowest BCUT2D eigenvalue weighted by atomic mass is 10.3. The maximum absolute atomic E-state index is 5.79. The van der Waals surface area contributed by atoms with Crippen LogP contribution in [0.15, 0.2) is 29.2 Å².